The molecule has 1 aromatic rings. The number of carbonyl (C=O) groups excluding carboxylic acids is 1. The lowest BCUT2D eigenvalue weighted by Crippen LogP contribution is -2.35. The molecule has 100 valence electrons. The van der Waals surface area contributed by atoms with Gasteiger partial charge < -0.3 is 15.8 Å². The predicted molar refractivity (Wildman–Crippen MR) is 66.7 cm³/mol. The summed E-state index contributed by atoms with van der Waals surface area (Å²) in [6, 6.07) is 4.16. The van der Waals surface area contributed by atoms with Gasteiger partial charge in [-0.2, -0.15) is 0 Å². The lowest BCUT2D eigenvalue weighted by molar-refractivity contribution is -0.119. The smallest absolute Gasteiger partial charge is 0.244 e. The first-order valence-electron chi connectivity index (χ1n) is 5.04. The van der Waals surface area contributed by atoms with Crippen molar-refractivity contribution in [3.63, 3.8) is 0 Å². The molecule has 0 saturated carbocycles. The summed E-state index contributed by atoms with van der Waals surface area (Å²) >= 11 is 0. The molecule has 0 spiro atoms. The molecule has 7 nitrogen and oxygen atoms in total. The summed E-state index contributed by atoms with van der Waals surface area (Å²) in [5, 5.41) is 2.31. The molecule has 1 aromatic carbocycles. The van der Waals surface area contributed by atoms with E-state index < -0.39 is 15.9 Å². The zero-order valence-corrected chi connectivity index (χ0v) is 10.9. The first-order chi connectivity index (χ1) is 8.40. The third-order valence-corrected chi connectivity index (χ3v) is 3.62. The molecule has 1 amide bonds. The molecule has 1 rings (SSSR count). The lowest BCUT2D eigenvalue weighted by Gasteiger charge is -2.10. The summed E-state index contributed by atoms with van der Waals surface area (Å²) in [4.78, 5) is 10.9. The molecule has 0 aliphatic carbocycles. The van der Waals surface area contributed by atoms with E-state index in [9.17, 15) is 13.2 Å². The highest BCUT2D eigenvalue weighted by molar-refractivity contribution is 7.89. The van der Waals surface area contributed by atoms with E-state index >= 15 is 0 Å². The number of hydrogen-bond acceptors (Lipinski definition) is 5. The normalized spacial score (nSPS) is 11.0. The van der Waals surface area contributed by atoms with Crippen molar-refractivity contribution in [1.29, 1.82) is 0 Å². The number of sulfonamides is 1. The molecule has 8 heteroatoms. The largest absolute Gasteiger partial charge is 0.495 e. The molecule has 0 saturated heterocycles. The third kappa shape index (κ3) is 3.34. The Balaban J connectivity index is 3.01. The predicted octanol–water partition coefficient (Wildman–Crippen LogP) is -0.698. The zero-order valence-electron chi connectivity index (χ0n) is 10.1. The second kappa shape index (κ2) is 5.69. The van der Waals surface area contributed by atoms with Crippen LogP contribution in [-0.4, -0.2) is 35.0 Å². The van der Waals surface area contributed by atoms with Crippen LogP contribution in [0.15, 0.2) is 23.1 Å². The quantitative estimate of drug-likeness (QED) is 0.614. The Kier molecular flexibility index (Phi) is 4.51. The van der Waals surface area contributed by atoms with Crippen LogP contribution in [0.2, 0.25) is 0 Å². The van der Waals surface area contributed by atoms with E-state index in [1.807, 2.05) is 0 Å². The Morgan fingerprint density at radius 1 is 1.44 bits per heavy atom. The number of anilines is 1. The van der Waals surface area contributed by atoms with Crippen LogP contribution in [0.5, 0.6) is 5.75 Å². The van der Waals surface area contributed by atoms with E-state index in [1.54, 1.807) is 0 Å². The summed E-state index contributed by atoms with van der Waals surface area (Å²) in [5.74, 6) is -0.313. The van der Waals surface area contributed by atoms with Gasteiger partial charge in [-0.15, -0.1) is 0 Å². The topological polar surface area (TPSA) is 111 Å². The van der Waals surface area contributed by atoms with Crippen molar-refractivity contribution < 1.29 is 17.9 Å². The highest BCUT2D eigenvalue weighted by Gasteiger charge is 2.20. The van der Waals surface area contributed by atoms with Gasteiger partial charge in [-0.3, -0.25) is 4.79 Å². The van der Waals surface area contributed by atoms with Crippen molar-refractivity contribution in [3.8, 4) is 5.75 Å². The van der Waals surface area contributed by atoms with Crippen molar-refractivity contribution in [2.24, 2.45) is 0 Å². The van der Waals surface area contributed by atoms with Gasteiger partial charge in [-0.1, -0.05) is 0 Å². The highest BCUT2D eigenvalue weighted by atomic mass is 32.2. The van der Waals surface area contributed by atoms with Gasteiger partial charge >= 0.3 is 0 Å². The number of hydrogen-bond donors (Lipinski definition) is 3. The summed E-state index contributed by atoms with van der Waals surface area (Å²) in [7, 11) is -1.06. The lowest BCUT2D eigenvalue weighted by atomic mass is 10.3. The van der Waals surface area contributed by atoms with Crippen LogP contribution in [0, 0.1) is 0 Å². The van der Waals surface area contributed by atoms with E-state index in [4.69, 9.17) is 10.5 Å². The fourth-order valence-corrected chi connectivity index (χ4v) is 2.36. The van der Waals surface area contributed by atoms with E-state index in [-0.39, 0.29) is 17.2 Å². The van der Waals surface area contributed by atoms with Crippen molar-refractivity contribution in [3.05, 3.63) is 18.2 Å². The Morgan fingerprint density at radius 2 is 2.11 bits per heavy atom. The standard InChI is InChI=1S/C10H15N3O4S/c1-12-10(14)6-13-18(15,16)9-4-3-7(11)5-8(9)17-2/h3-5,13H,6,11H2,1-2H3,(H,12,14). The van der Waals surface area contributed by atoms with E-state index in [0.717, 1.165) is 0 Å². The van der Waals surface area contributed by atoms with Gasteiger partial charge in [0.15, 0.2) is 0 Å². The van der Waals surface area contributed by atoms with Gasteiger partial charge in [0.25, 0.3) is 0 Å². The third-order valence-electron chi connectivity index (χ3n) is 2.18. The molecule has 0 aromatic heterocycles. The van der Waals surface area contributed by atoms with E-state index in [2.05, 4.69) is 10.0 Å². The van der Waals surface area contributed by atoms with Crippen LogP contribution in [0.3, 0.4) is 0 Å². The number of likely N-dealkylation sites (N-methyl/N-ethyl adjacent to an activating group) is 1. The molecule has 18 heavy (non-hydrogen) atoms. The first kappa shape index (κ1) is 14.3. The second-order valence-electron chi connectivity index (χ2n) is 3.41. The number of nitrogen functional groups attached to an aromatic ring is 1. The van der Waals surface area contributed by atoms with Crippen LogP contribution >= 0.6 is 0 Å². The average molecular weight is 273 g/mol. The number of methoxy groups -OCH3 is 1. The minimum absolute atomic E-state index is 0.0666. The maximum absolute atomic E-state index is 11.9. The molecule has 4 N–H and O–H groups in total. The van der Waals surface area contributed by atoms with E-state index in [1.165, 1.54) is 32.4 Å². The molecular weight excluding hydrogens is 258 g/mol. The molecule has 0 atom stereocenters. The zero-order chi connectivity index (χ0) is 13.8. The fourth-order valence-electron chi connectivity index (χ4n) is 1.23. The first-order valence-corrected chi connectivity index (χ1v) is 6.53. The average Bonchev–Trinajstić information content (AvgIpc) is 2.35. The highest BCUT2D eigenvalue weighted by Crippen LogP contribution is 2.25. The van der Waals surface area contributed by atoms with Crippen LogP contribution in [0.1, 0.15) is 0 Å². The molecular formula is C10H15N3O4S. The Labute approximate surface area is 105 Å². The van der Waals surface area contributed by atoms with Gasteiger partial charge in [0.2, 0.25) is 15.9 Å². The van der Waals surface area contributed by atoms with Gasteiger partial charge in [0.05, 0.1) is 13.7 Å². The fraction of sp³-hybridized carbons (Fsp3) is 0.300. The number of carbonyl (C=O) groups is 1. The number of amides is 1. The SMILES string of the molecule is CNC(=O)CNS(=O)(=O)c1ccc(N)cc1OC. The Morgan fingerprint density at radius 3 is 2.67 bits per heavy atom. The minimum Gasteiger partial charge on any atom is -0.495 e. The summed E-state index contributed by atoms with van der Waals surface area (Å²) in [5.41, 5.74) is 5.92. The minimum atomic E-state index is -3.82. The second-order valence-corrected chi connectivity index (χ2v) is 5.14. The van der Waals surface area contributed by atoms with Crippen LogP contribution in [-0.2, 0) is 14.8 Å². The van der Waals surface area contributed by atoms with E-state index in [0.29, 0.717) is 5.69 Å². The van der Waals surface area contributed by atoms with Crippen LogP contribution in [0.4, 0.5) is 5.69 Å². The van der Waals surface area contributed by atoms with Crippen LogP contribution in [0.25, 0.3) is 0 Å². The van der Waals surface area contributed by atoms with Crippen LogP contribution < -0.4 is 20.5 Å². The Bertz CT molecular complexity index is 542. The molecule has 0 fully saturated rings. The summed E-state index contributed by atoms with van der Waals surface area (Å²) < 4.78 is 31.0. The van der Waals surface area contributed by atoms with Crippen molar-refractivity contribution in [1.82, 2.24) is 10.0 Å². The van der Waals surface area contributed by atoms with Crippen molar-refractivity contribution in [2.75, 3.05) is 26.4 Å². The number of ether oxygens (including phenoxy) is 1. The maximum atomic E-state index is 11.9. The molecule has 0 bridgehead atoms. The van der Waals surface area contributed by atoms with Gasteiger partial charge in [-0.25, -0.2) is 13.1 Å². The number of nitrogens with one attached hydrogen (secondary N) is 2. The van der Waals surface area contributed by atoms with Gasteiger partial charge in [-0.05, 0) is 12.1 Å². The van der Waals surface area contributed by atoms with Crippen molar-refractivity contribution in [2.45, 2.75) is 4.90 Å². The Hall–Kier alpha value is -1.80. The van der Waals surface area contributed by atoms with Crippen molar-refractivity contribution >= 4 is 21.6 Å². The molecule has 0 unspecified atom stereocenters. The summed E-state index contributed by atoms with van der Waals surface area (Å²) in [6.45, 7) is -0.341. The van der Waals surface area contributed by atoms with Gasteiger partial charge in [0.1, 0.15) is 10.6 Å². The maximum Gasteiger partial charge on any atom is 0.244 e. The van der Waals surface area contributed by atoms with Gasteiger partial charge in [0, 0.05) is 18.8 Å². The summed E-state index contributed by atoms with van der Waals surface area (Å²) in [6.07, 6.45) is 0. The number of nitrogens with two attached hydrogens (primary N) is 1. The molecule has 0 radical (unpaired) electrons. The number of rotatable bonds is 5. The molecule has 0 heterocycles. The molecule has 0 aliphatic rings. The number of benzene rings is 1. The molecule has 0 aliphatic heterocycles. The monoisotopic (exact) mass is 273 g/mol.